The first-order chi connectivity index (χ1) is 10.3. The molecule has 0 N–H and O–H groups in total. The van der Waals surface area contributed by atoms with Crippen LogP contribution < -0.4 is 0 Å². The quantitative estimate of drug-likeness (QED) is 0.564. The summed E-state index contributed by atoms with van der Waals surface area (Å²) in [6.07, 6.45) is 6.13. The van der Waals surface area contributed by atoms with Crippen molar-refractivity contribution in [1.29, 1.82) is 0 Å². The monoisotopic (exact) mass is 316 g/mol. The number of aromatic nitrogens is 2. The average molecular weight is 317 g/mol. The molecule has 0 saturated carbocycles. The largest absolute Gasteiger partial charge is 0.417 e. The molecule has 4 heteroatoms. The summed E-state index contributed by atoms with van der Waals surface area (Å²) in [6.45, 7) is 12.3. The van der Waals surface area contributed by atoms with E-state index < -0.39 is 8.32 Å². The van der Waals surface area contributed by atoms with Gasteiger partial charge in [-0.3, -0.25) is 0 Å². The molecule has 22 heavy (non-hydrogen) atoms. The zero-order valence-corrected chi connectivity index (χ0v) is 15.5. The lowest BCUT2D eigenvalue weighted by atomic mass is 10.2. The molecule has 0 spiro atoms. The van der Waals surface area contributed by atoms with E-state index in [9.17, 15) is 0 Å². The second-order valence-corrected chi connectivity index (χ2v) is 12.2. The van der Waals surface area contributed by atoms with Crippen molar-refractivity contribution in [1.82, 2.24) is 9.78 Å². The van der Waals surface area contributed by atoms with Crippen LogP contribution in [0.4, 0.5) is 0 Å². The van der Waals surface area contributed by atoms with Gasteiger partial charge < -0.3 is 4.43 Å². The fourth-order valence-electron chi connectivity index (χ4n) is 2.03. The highest BCUT2D eigenvalue weighted by Crippen LogP contribution is 2.36. The first kappa shape index (κ1) is 17.0. The van der Waals surface area contributed by atoms with Crippen molar-refractivity contribution in [3.8, 4) is 5.69 Å². The molecule has 0 radical (unpaired) electrons. The molecule has 0 aliphatic carbocycles. The third-order valence-corrected chi connectivity index (χ3v) is 9.07. The van der Waals surface area contributed by atoms with Crippen LogP contribution in [0.1, 0.15) is 32.8 Å². The lowest BCUT2D eigenvalue weighted by Crippen LogP contribution is -2.41. The number of hydrogen-bond acceptors (Lipinski definition) is 2. The molecule has 0 aliphatic rings. The van der Waals surface area contributed by atoms with Crippen LogP contribution in [-0.4, -0.2) is 24.7 Å². The molecule has 1 aromatic carbocycles. The summed E-state index contributed by atoms with van der Waals surface area (Å²) in [4.78, 5) is 0. The van der Waals surface area contributed by atoms with Crippen LogP contribution in [-0.2, 0) is 10.8 Å². The number of hydrogen-bond donors (Lipinski definition) is 0. The number of benzene rings is 1. The Bertz CT molecular complexity index is 585. The van der Waals surface area contributed by atoms with E-state index in [1.165, 1.54) is 5.56 Å². The van der Waals surface area contributed by atoms with Crippen molar-refractivity contribution < 1.29 is 4.43 Å². The lowest BCUT2D eigenvalue weighted by Gasteiger charge is -2.36. The van der Waals surface area contributed by atoms with Gasteiger partial charge in [-0.15, -0.1) is 0 Å². The van der Waals surface area contributed by atoms with Crippen molar-refractivity contribution in [2.45, 2.75) is 51.7 Å². The molecule has 0 amide bonds. The van der Waals surface area contributed by atoms with Gasteiger partial charge in [0.05, 0.1) is 11.9 Å². The van der Waals surface area contributed by atoms with Gasteiger partial charge >= 0.3 is 0 Å². The molecule has 2 rings (SSSR count). The molecule has 0 aliphatic heterocycles. The van der Waals surface area contributed by atoms with E-state index in [4.69, 9.17) is 4.43 Å². The molecule has 0 bridgehead atoms. The van der Waals surface area contributed by atoms with Crippen molar-refractivity contribution in [3.05, 3.63) is 48.3 Å². The van der Waals surface area contributed by atoms with Crippen LogP contribution in [0.15, 0.2) is 42.7 Å². The SMILES string of the molecule is CC(C)(C)[Si](C)(C)OCCCc1cnn(-c2ccccc2)c1. The second-order valence-electron chi connectivity index (χ2n) is 7.34. The predicted molar refractivity (Wildman–Crippen MR) is 95.0 cm³/mol. The Balaban J connectivity index is 1.83. The van der Waals surface area contributed by atoms with Gasteiger partial charge in [-0.25, -0.2) is 4.68 Å². The number of rotatable bonds is 6. The predicted octanol–water partition coefficient (Wildman–Crippen LogP) is 4.83. The van der Waals surface area contributed by atoms with Gasteiger partial charge in [0.15, 0.2) is 8.32 Å². The summed E-state index contributed by atoms with van der Waals surface area (Å²) in [5.74, 6) is 0. The van der Waals surface area contributed by atoms with E-state index in [0.717, 1.165) is 25.1 Å². The number of para-hydroxylation sites is 1. The van der Waals surface area contributed by atoms with Gasteiger partial charge in [-0.05, 0) is 48.7 Å². The molecule has 2 aromatic rings. The van der Waals surface area contributed by atoms with Crippen molar-refractivity contribution in [2.24, 2.45) is 0 Å². The van der Waals surface area contributed by atoms with E-state index in [2.05, 4.69) is 57.3 Å². The van der Waals surface area contributed by atoms with E-state index in [0.29, 0.717) is 0 Å². The van der Waals surface area contributed by atoms with Gasteiger partial charge in [-0.1, -0.05) is 39.0 Å². The number of nitrogens with zero attached hydrogens (tertiary/aromatic N) is 2. The second kappa shape index (κ2) is 6.80. The van der Waals surface area contributed by atoms with Crippen LogP contribution >= 0.6 is 0 Å². The molecule has 3 nitrogen and oxygen atoms in total. The maximum Gasteiger partial charge on any atom is 0.191 e. The summed E-state index contributed by atoms with van der Waals surface area (Å²) in [7, 11) is -1.61. The van der Waals surface area contributed by atoms with E-state index in [-0.39, 0.29) is 5.04 Å². The average Bonchev–Trinajstić information content (AvgIpc) is 2.92. The van der Waals surface area contributed by atoms with Crippen LogP contribution in [0.3, 0.4) is 0 Å². The highest BCUT2D eigenvalue weighted by Gasteiger charge is 2.36. The zero-order chi connectivity index (χ0) is 16.2. The molecule has 120 valence electrons. The molecular formula is C18H28N2OSi. The molecular weight excluding hydrogens is 288 g/mol. The Labute approximate surface area is 135 Å². The topological polar surface area (TPSA) is 27.1 Å². The highest BCUT2D eigenvalue weighted by atomic mass is 28.4. The summed E-state index contributed by atoms with van der Waals surface area (Å²) in [6, 6.07) is 10.2. The van der Waals surface area contributed by atoms with Gasteiger partial charge in [-0.2, -0.15) is 5.10 Å². The fourth-order valence-corrected chi connectivity index (χ4v) is 3.12. The maximum atomic E-state index is 6.22. The van der Waals surface area contributed by atoms with Crippen LogP contribution in [0.2, 0.25) is 18.1 Å². The highest BCUT2D eigenvalue weighted by molar-refractivity contribution is 6.74. The van der Waals surface area contributed by atoms with Crippen LogP contribution in [0, 0.1) is 0 Å². The van der Waals surface area contributed by atoms with E-state index in [1.807, 2.05) is 29.1 Å². The first-order valence-electron chi connectivity index (χ1n) is 8.02. The Morgan fingerprint density at radius 1 is 1.14 bits per heavy atom. The van der Waals surface area contributed by atoms with E-state index in [1.54, 1.807) is 0 Å². The summed E-state index contributed by atoms with van der Waals surface area (Å²) in [5, 5.41) is 4.72. The third-order valence-electron chi connectivity index (χ3n) is 4.54. The van der Waals surface area contributed by atoms with Crippen LogP contribution in [0.5, 0.6) is 0 Å². The van der Waals surface area contributed by atoms with E-state index >= 15 is 0 Å². The molecule has 1 aromatic heterocycles. The van der Waals surface area contributed by atoms with Crippen LogP contribution in [0.25, 0.3) is 5.69 Å². The number of aryl methyl sites for hydroxylation is 1. The normalized spacial score (nSPS) is 12.6. The van der Waals surface area contributed by atoms with Crippen molar-refractivity contribution in [2.75, 3.05) is 6.61 Å². The molecule has 0 unspecified atom stereocenters. The van der Waals surface area contributed by atoms with Gasteiger partial charge in [0.1, 0.15) is 0 Å². The summed E-state index contributed by atoms with van der Waals surface area (Å²) < 4.78 is 8.15. The summed E-state index contributed by atoms with van der Waals surface area (Å²) >= 11 is 0. The zero-order valence-electron chi connectivity index (χ0n) is 14.5. The Hall–Kier alpha value is -1.39. The minimum atomic E-state index is -1.61. The molecule has 0 saturated heterocycles. The van der Waals surface area contributed by atoms with Gasteiger partial charge in [0.25, 0.3) is 0 Å². The lowest BCUT2D eigenvalue weighted by molar-refractivity contribution is 0.282. The maximum absolute atomic E-state index is 6.22. The summed E-state index contributed by atoms with van der Waals surface area (Å²) in [5.41, 5.74) is 2.37. The van der Waals surface area contributed by atoms with Gasteiger partial charge in [0.2, 0.25) is 0 Å². The molecule has 0 atom stereocenters. The molecule has 0 fully saturated rings. The fraction of sp³-hybridized carbons (Fsp3) is 0.500. The third kappa shape index (κ3) is 4.30. The Kier molecular flexibility index (Phi) is 5.24. The Morgan fingerprint density at radius 2 is 1.82 bits per heavy atom. The molecule has 1 heterocycles. The standard InChI is InChI=1S/C18H28N2OSi/c1-18(2,3)22(4,5)21-13-9-10-16-14-19-20(15-16)17-11-7-6-8-12-17/h6-8,11-12,14-15H,9-10,13H2,1-5H3. The smallest absolute Gasteiger partial charge is 0.191 e. The Morgan fingerprint density at radius 3 is 2.45 bits per heavy atom. The first-order valence-corrected chi connectivity index (χ1v) is 10.9. The van der Waals surface area contributed by atoms with Crippen molar-refractivity contribution >= 4 is 8.32 Å². The van der Waals surface area contributed by atoms with Gasteiger partial charge in [0, 0.05) is 12.8 Å². The minimum Gasteiger partial charge on any atom is -0.417 e. The minimum absolute atomic E-state index is 0.283. The van der Waals surface area contributed by atoms with Crippen molar-refractivity contribution in [3.63, 3.8) is 0 Å².